The Kier molecular flexibility index (Phi) is 6.73. The molecule has 3 rings (SSSR count). The fraction of sp³-hybridized carbons (Fsp3) is 0.400. The molecule has 27 heavy (non-hydrogen) atoms. The van der Waals surface area contributed by atoms with E-state index in [1.165, 1.54) is 12.1 Å². The number of hydrogen-bond acceptors (Lipinski definition) is 5. The summed E-state index contributed by atoms with van der Waals surface area (Å²) in [6.45, 7) is 5.48. The zero-order valence-electron chi connectivity index (χ0n) is 15.4. The smallest absolute Gasteiger partial charge is 0.256 e. The highest BCUT2D eigenvalue weighted by Crippen LogP contribution is 2.22. The molecule has 0 spiro atoms. The van der Waals surface area contributed by atoms with Crippen LogP contribution in [-0.4, -0.2) is 55.2 Å². The van der Waals surface area contributed by atoms with Crippen molar-refractivity contribution in [2.45, 2.75) is 13.0 Å². The number of ether oxygens (including phenoxy) is 2. The van der Waals surface area contributed by atoms with Crippen molar-refractivity contribution in [2.24, 2.45) is 0 Å². The Morgan fingerprint density at radius 2 is 2.04 bits per heavy atom. The van der Waals surface area contributed by atoms with E-state index < -0.39 is 0 Å². The largest absolute Gasteiger partial charge is 0.477 e. The summed E-state index contributed by atoms with van der Waals surface area (Å²) in [6, 6.07) is 9.74. The molecule has 1 aromatic carbocycles. The number of nitrogens with zero attached hydrogens (tertiary/aromatic N) is 2. The number of rotatable bonds is 7. The topological polar surface area (TPSA) is 63.7 Å². The van der Waals surface area contributed by atoms with Crippen molar-refractivity contribution in [2.75, 3.05) is 39.5 Å². The number of hydrogen-bond donors (Lipinski definition) is 1. The first-order chi connectivity index (χ1) is 13.2. The molecule has 2 heterocycles. The van der Waals surface area contributed by atoms with Crippen molar-refractivity contribution in [1.29, 1.82) is 0 Å². The van der Waals surface area contributed by atoms with Crippen LogP contribution in [0.1, 0.15) is 28.9 Å². The number of aromatic nitrogens is 1. The standard InChI is InChI=1S/C20H24FN3O3/c1-2-27-20-17(4-3-9-22-20)19(25)23-14-18(24-10-12-26-13-11-24)15-5-7-16(21)8-6-15/h3-9,18H,2,10-14H2,1H3,(H,23,25)/t18-/m1/s1. The molecule has 1 amide bonds. The van der Waals surface area contributed by atoms with E-state index in [9.17, 15) is 9.18 Å². The minimum Gasteiger partial charge on any atom is -0.477 e. The van der Waals surface area contributed by atoms with Crippen LogP contribution in [0.2, 0.25) is 0 Å². The van der Waals surface area contributed by atoms with Crippen LogP contribution in [0.3, 0.4) is 0 Å². The predicted molar refractivity (Wildman–Crippen MR) is 99.3 cm³/mol. The number of amides is 1. The Morgan fingerprint density at radius 3 is 2.74 bits per heavy atom. The molecule has 1 saturated heterocycles. The van der Waals surface area contributed by atoms with Gasteiger partial charge >= 0.3 is 0 Å². The molecule has 1 fully saturated rings. The van der Waals surface area contributed by atoms with Crippen LogP contribution in [0.4, 0.5) is 4.39 Å². The Bertz CT molecular complexity index is 748. The van der Waals surface area contributed by atoms with E-state index in [1.54, 1.807) is 30.5 Å². The Balaban J connectivity index is 1.74. The molecular formula is C20H24FN3O3. The third kappa shape index (κ3) is 5.02. The lowest BCUT2D eigenvalue weighted by Crippen LogP contribution is -2.43. The Labute approximate surface area is 158 Å². The van der Waals surface area contributed by atoms with E-state index in [4.69, 9.17) is 9.47 Å². The van der Waals surface area contributed by atoms with Gasteiger partial charge in [0.2, 0.25) is 5.88 Å². The number of carbonyl (C=O) groups is 1. The molecule has 0 bridgehead atoms. The minimum absolute atomic E-state index is 0.0642. The lowest BCUT2D eigenvalue weighted by molar-refractivity contribution is 0.0162. The average Bonchev–Trinajstić information content (AvgIpc) is 2.71. The lowest BCUT2D eigenvalue weighted by Gasteiger charge is -2.35. The number of carbonyl (C=O) groups excluding carboxylic acids is 1. The summed E-state index contributed by atoms with van der Waals surface area (Å²) in [5.41, 5.74) is 1.36. The highest BCUT2D eigenvalue weighted by Gasteiger charge is 2.24. The van der Waals surface area contributed by atoms with Crippen LogP contribution in [0.5, 0.6) is 5.88 Å². The van der Waals surface area contributed by atoms with E-state index in [0.29, 0.717) is 37.8 Å². The van der Waals surface area contributed by atoms with Gasteiger partial charge in [0.15, 0.2) is 0 Å². The average molecular weight is 373 g/mol. The van der Waals surface area contributed by atoms with Crippen LogP contribution < -0.4 is 10.1 Å². The number of nitrogens with one attached hydrogen (secondary N) is 1. The van der Waals surface area contributed by atoms with Crippen molar-refractivity contribution in [3.63, 3.8) is 0 Å². The Morgan fingerprint density at radius 1 is 1.30 bits per heavy atom. The van der Waals surface area contributed by atoms with Crippen LogP contribution in [-0.2, 0) is 4.74 Å². The van der Waals surface area contributed by atoms with Crippen LogP contribution in [0.15, 0.2) is 42.6 Å². The molecule has 1 aliphatic heterocycles. The molecule has 1 atom stereocenters. The van der Waals surface area contributed by atoms with Gasteiger partial charge < -0.3 is 14.8 Å². The molecular weight excluding hydrogens is 349 g/mol. The number of pyridine rings is 1. The van der Waals surface area contributed by atoms with Gasteiger partial charge in [-0.1, -0.05) is 12.1 Å². The summed E-state index contributed by atoms with van der Waals surface area (Å²) in [5, 5.41) is 2.97. The number of benzene rings is 1. The summed E-state index contributed by atoms with van der Waals surface area (Å²) in [4.78, 5) is 19.0. The van der Waals surface area contributed by atoms with Gasteiger partial charge in [0.05, 0.1) is 25.9 Å². The number of halogens is 1. The first-order valence-corrected chi connectivity index (χ1v) is 9.12. The van der Waals surface area contributed by atoms with Gasteiger partial charge in [-0.15, -0.1) is 0 Å². The molecule has 0 unspecified atom stereocenters. The highest BCUT2D eigenvalue weighted by molar-refractivity contribution is 5.96. The second-order valence-electron chi connectivity index (χ2n) is 6.21. The third-order valence-electron chi connectivity index (χ3n) is 4.49. The zero-order valence-corrected chi connectivity index (χ0v) is 15.4. The van der Waals surface area contributed by atoms with Gasteiger partial charge in [0, 0.05) is 25.8 Å². The van der Waals surface area contributed by atoms with Gasteiger partial charge in [-0.3, -0.25) is 9.69 Å². The van der Waals surface area contributed by atoms with Crippen molar-refractivity contribution in [1.82, 2.24) is 15.2 Å². The molecule has 1 aliphatic rings. The molecule has 0 radical (unpaired) electrons. The first kappa shape index (κ1) is 19.3. The summed E-state index contributed by atoms with van der Waals surface area (Å²) >= 11 is 0. The summed E-state index contributed by atoms with van der Waals surface area (Å²) < 4.78 is 24.2. The van der Waals surface area contributed by atoms with Crippen molar-refractivity contribution < 1.29 is 18.7 Å². The molecule has 6 nitrogen and oxygen atoms in total. The second kappa shape index (κ2) is 9.43. The minimum atomic E-state index is -0.278. The van der Waals surface area contributed by atoms with E-state index in [2.05, 4.69) is 15.2 Å². The number of morpholine rings is 1. The third-order valence-corrected chi connectivity index (χ3v) is 4.49. The molecule has 0 saturated carbocycles. The van der Waals surface area contributed by atoms with Crippen molar-refractivity contribution >= 4 is 5.91 Å². The monoisotopic (exact) mass is 373 g/mol. The maximum absolute atomic E-state index is 13.3. The molecule has 144 valence electrons. The SMILES string of the molecule is CCOc1ncccc1C(=O)NC[C@H](c1ccc(F)cc1)N1CCOCC1. The van der Waals surface area contributed by atoms with Crippen LogP contribution in [0, 0.1) is 5.82 Å². The van der Waals surface area contributed by atoms with E-state index >= 15 is 0 Å². The second-order valence-corrected chi connectivity index (χ2v) is 6.21. The van der Waals surface area contributed by atoms with Crippen LogP contribution >= 0.6 is 0 Å². The van der Waals surface area contributed by atoms with Crippen molar-refractivity contribution in [3.8, 4) is 5.88 Å². The van der Waals surface area contributed by atoms with E-state index in [-0.39, 0.29) is 17.8 Å². The first-order valence-electron chi connectivity index (χ1n) is 9.12. The summed E-state index contributed by atoms with van der Waals surface area (Å²) in [7, 11) is 0. The molecule has 0 aliphatic carbocycles. The fourth-order valence-electron chi connectivity index (χ4n) is 3.13. The summed E-state index contributed by atoms with van der Waals surface area (Å²) in [6.07, 6.45) is 1.59. The van der Waals surface area contributed by atoms with Crippen molar-refractivity contribution in [3.05, 3.63) is 59.5 Å². The predicted octanol–water partition coefficient (Wildman–Crippen LogP) is 2.42. The normalized spacial score (nSPS) is 15.9. The molecule has 1 aromatic heterocycles. The van der Waals surface area contributed by atoms with Crippen LogP contribution in [0.25, 0.3) is 0 Å². The molecule has 1 N–H and O–H groups in total. The van der Waals surface area contributed by atoms with E-state index in [0.717, 1.165) is 18.7 Å². The lowest BCUT2D eigenvalue weighted by atomic mass is 10.0. The fourth-order valence-corrected chi connectivity index (χ4v) is 3.13. The quantitative estimate of drug-likeness (QED) is 0.808. The zero-order chi connectivity index (χ0) is 19.1. The van der Waals surface area contributed by atoms with Gasteiger partial charge in [-0.25, -0.2) is 9.37 Å². The maximum atomic E-state index is 13.3. The Hall–Kier alpha value is -2.51. The van der Waals surface area contributed by atoms with Gasteiger partial charge in [-0.05, 0) is 36.8 Å². The van der Waals surface area contributed by atoms with Gasteiger partial charge in [-0.2, -0.15) is 0 Å². The van der Waals surface area contributed by atoms with E-state index in [1.807, 2.05) is 6.92 Å². The molecule has 7 heteroatoms. The van der Waals surface area contributed by atoms with Gasteiger partial charge in [0.25, 0.3) is 5.91 Å². The van der Waals surface area contributed by atoms with Gasteiger partial charge in [0.1, 0.15) is 11.4 Å². The summed E-state index contributed by atoms with van der Waals surface area (Å²) in [5.74, 6) is -0.200. The maximum Gasteiger partial charge on any atom is 0.256 e. The molecule has 2 aromatic rings. The highest BCUT2D eigenvalue weighted by atomic mass is 19.1.